The zero-order chi connectivity index (χ0) is 22.2. The molecule has 0 fully saturated rings. The minimum absolute atomic E-state index is 0. The van der Waals surface area contributed by atoms with Gasteiger partial charge in [-0.3, -0.25) is 4.99 Å². The molecule has 0 heterocycles. The standard InChI is InChI=1S/C23H42N4O3.HI/c1-7-27(8-2)13-15-30-21-11-10-20(16-22(21)28-6)17-26-23(24-5)25-12-9-14-29-18-19(3)4;/h10-11,16,19H,7-9,12-15,17-18H2,1-6H3,(H2,24,25,26);1H. The van der Waals surface area contributed by atoms with Crippen LogP contribution in [0, 0.1) is 5.92 Å². The fraction of sp³-hybridized carbons (Fsp3) is 0.696. The quantitative estimate of drug-likeness (QED) is 0.150. The van der Waals surface area contributed by atoms with Crippen LogP contribution in [0.3, 0.4) is 0 Å². The highest BCUT2D eigenvalue weighted by atomic mass is 127. The molecule has 0 aromatic heterocycles. The molecule has 0 amide bonds. The molecule has 0 radical (unpaired) electrons. The first-order valence-electron chi connectivity index (χ1n) is 11.1. The summed E-state index contributed by atoms with van der Waals surface area (Å²) < 4.78 is 17.1. The highest BCUT2D eigenvalue weighted by Crippen LogP contribution is 2.28. The fourth-order valence-electron chi connectivity index (χ4n) is 2.87. The number of hydrogen-bond donors (Lipinski definition) is 2. The third-order valence-corrected chi connectivity index (χ3v) is 4.68. The summed E-state index contributed by atoms with van der Waals surface area (Å²) in [5, 5.41) is 6.65. The molecule has 0 aliphatic rings. The lowest BCUT2D eigenvalue weighted by atomic mass is 10.2. The number of rotatable bonds is 15. The Morgan fingerprint density at radius 1 is 1.10 bits per heavy atom. The van der Waals surface area contributed by atoms with E-state index in [2.05, 4.69) is 54.3 Å². The molecule has 7 nitrogen and oxygen atoms in total. The molecule has 0 saturated carbocycles. The van der Waals surface area contributed by atoms with E-state index >= 15 is 0 Å². The largest absolute Gasteiger partial charge is 0.493 e. The molecule has 0 saturated heterocycles. The van der Waals surface area contributed by atoms with Gasteiger partial charge in [0.2, 0.25) is 0 Å². The predicted molar refractivity (Wildman–Crippen MR) is 140 cm³/mol. The molecule has 1 aromatic carbocycles. The number of halogens is 1. The molecule has 0 atom stereocenters. The number of nitrogens with zero attached hydrogens (tertiary/aromatic N) is 2. The average Bonchev–Trinajstić information content (AvgIpc) is 2.75. The van der Waals surface area contributed by atoms with Crippen LogP contribution in [0.2, 0.25) is 0 Å². The Bertz CT molecular complexity index is 610. The minimum atomic E-state index is 0. The van der Waals surface area contributed by atoms with Gasteiger partial charge in [0, 0.05) is 39.9 Å². The lowest BCUT2D eigenvalue weighted by Crippen LogP contribution is -2.37. The van der Waals surface area contributed by atoms with Crippen LogP contribution < -0.4 is 20.1 Å². The lowest BCUT2D eigenvalue weighted by molar-refractivity contribution is 0.108. The van der Waals surface area contributed by atoms with Crippen molar-refractivity contribution in [1.82, 2.24) is 15.5 Å². The molecule has 0 unspecified atom stereocenters. The van der Waals surface area contributed by atoms with E-state index in [1.165, 1.54) is 0 Å². The summed E-state index contributed by atoms with van der Waals surface area (Å²) >= 11 is 0. The second kappa shape index (κ2) is 18.3. The van der Waals surface area contributed by atoms with Gasteiger partial charge in [-0.05, 0) is 43.1 Å². The summed E-state index contributed by atoms with van der Waals surface area (Å²) in [6, 6.07) is 6.03. The van der Waals surface area contributed by atoms with E-state index in [4.69, 9.17) is 14.2 Å². The monoisotopic (exact) mass is 550 g/mol. The van der Waals surface area contributed by atoms with Gasteiger partial charge in [-0.15, -0.1) is 24.0 Å². The number of ether oxygens (including phenoxy) is 3. The molecule has 2 N–H and O–H groups in total. The summed E-state index contributed by atoms with van der Waals surface area (Å²) in [4.78, 5) is 6.61. The summed E-state index contributed by atoms with van der Waals surface area (Å²) in [5.74, 6) is 2.87. The number of methoxy groups -OCH3 is 1. The van der Waals surface area contributed by atoms with Gasteiger partial charge in [0.05, 0.1) is 7.11 Å². The van der Waals surface area contributed by atoms with Crippen LogP contribution in [0.15, 0.2) is 23.2 Å². The van der Waals surface area contributed by atoms with Crippen molar-refractivity contribution in [1.29, 1.82) is 0 Å². The molecule has 1 aromatic rings. The van der Waals surface area contributed by atoms with Gasteiger partial charge < -0.3 is 29.7 Å². The van der Waals surface area contributed by atoms with E-state index in [9.17, 15) is 0 Å². The third kappa shape index (κ3) is 13.0. The zero-order valence-corrected chi connectivity index (χ0v) is 22.5. The smallest absolute Gasteiger partial charge is 0.191 e. The number of benzene rings is 1. The second-order valence-corrected chi connectivity index (χ2v) is 7.54. The predicted octanol–water partition coefficient (Wildman–Crippen LogP) is 3.76. The van der Waals surface area contributed by atoms with Crippen LogP contribution in [0.25, 0.3) is 0 Å². The Hall–Kier alpha value is -1.26. The van der Waals surface area contributed by atoms with Crippen molar-refractivity contribution in [2.75, 3.05) is 60.2 Å². The molecule has 0 spiro atoms. The molecule has 31 heavy (non-hydrogen) atoms. The van der Waals surface area contributed by atoms with Gasteiger partial charge in [-0.2, -0.15) is 0 Å². The van der Waals surface area contributed by atoms with Gasteiger partial charge in [-0.25, -0.2) is 0 Å². The summed E-state index contributed by atoms with van der Waals surface area (Å²) in [6.07, 6.45) is 0.945. The van der Waals surface area contributed by atoms with Crippen molar-refractivity contribution in [3.8, 4) is 11.5 Å². The first-order chi connectivity index (χ1) is 14.5. The van der Waals surface area contributed by atoms with Crippen molar-refractivity contribution in [3.63, 3.8) is 0 Å². The number of aliphatic imine (C=N–C) groups is 1. The van der Waals surface area contributed by atoms with Gasteiger partial charge in [-0.1, -0.05) is 33.8 Å². The first-order valence-corrected chi connectivity index (χ1v) is 11.1. The molecule has 0 aliphatic heterocycles. The molecule has 0 aliphatic carbocycles. The number of nitrogens with one attached hydrogen (secondary N) is 2. The van der Waals surface area contributed by atoms with Gasteiger partial charge in [0.1, 0.15) is 6.61 Å². The maximum Gasteiger partial charge on any atom is 0.191 e. The normalized spacial score (nSPS) is 11.4. The van der Waals surface area contributed by atoms with Crippen molar-refractivity contribution in [3.05, 3.63) is 23.8 Å². The van der Waals surface area contributed by atoms with Crippen LogP contribution in [0.1, 0.15) is 39.7 Å². The lowest BCUT2D eigenvalue weighted by Gasteiger charge is -2.19. The van der Waals surface area contributed by atoms with Crippen molar-refractivity contribution >= 4 is 29.9 Å². The highest BCUT2D eigenvalue weighted by molar-refractivity contribution is 14.0. The maximum absolute atomic E-state index is 5.93. The van der Waals surface area contributed by atoms with E-state index in [-0.39, 0.29) is 24.0 Å². The Kier molecular flexibility index (Phi) is 17.6. The highest BCUT2D eigenvalue weighted by Gasteiger charge is 2.08. The molecule has 8 heteroatoms. The summed E-state index contributed by atoms with van der Waals surface area (Å²) in [6.45, 7) is 15.3. The van der Waals surface area contributed by atoms with Gasteiger partial charge >= 0.3 is 0 Å². The van der Waals surface area contributed by atoms with Crippen LogP contribution in [-0.2, 0) is 11.3 Å². The SMILES string of the molecule is CCN(CC)CCOc1ccc(CNC(=NC)NCCCOCC(C)C)cc1OC.I. The Balaban J connectivity index is 0.00000900. The molecule has 180 valence electrons. The summed E-state index contributed by atoms with van der Waals surface area (Å²) in [5.41, 5.74) is 1.10. The van der Waals surface area contributed by atoms with Crippen molar-refractivity contribution < 1.29 is 14.2 Å². The van der Waals surface area contributed by atoms with E-state index in [0.717, 1.165) is 68.8 Å². The number of guanidine groups is 1. The number of hydrogen-bond acceptors (Lipinski definition) is 5. The zero-order valence-electron chi connectivity index (χ0n) is 20.2. The average molecular weight is 551 g/mol. The first kappa shape index (κ1) is 29.7. The van der Waals surface area contributed by atoms with Gasteiger partial charge in [0.25, 0.3) is 0 Å². The second-order valence-electron chi connectivity index (χ2n) is 7.54. The van der Waals surface area contributed by atoms with Crippen LogP contribution >= 0.6 is 24.0 Å². The van der Waals surface area contributed by atoms with Crippen molar-refractivity contribution in [2.24, 2.45) is 10.9 Å². The Morgan fingerprint density at radius 3 is 2.45 bits per heavy atom. The Morgan fingerprint density at radius 2 is 1.84 bits per heavy atom. The summed E-state index contributed by atoms with van der Waals surface area (Å²) in [7, 11) is 3.45. The molecular formula is C23H43IN4O3. The van der Waals surface area contributed by atoms with E-state index in [0.29, 0.717) is 19.1 Å². The number of likely N-dealkylation sites (N-methyl/N-ethyl adjacent to an activating group) is 1. The molecule has 0 bridgehead atoms. The van der Waals surface area contributed by atoms with Crippen LogP contribution in [-0.4, -0.2) is 71.0 Å². The van der Waals surface area contributed by atoms with Crippen LogP contribution in [0.4, 0.5) is 0 Å². The van der Waals surface area contributed by atoms with Gasteiger partial charge in [0.15, 0.2) is 17.5 Å². The van der Waals surface area contributed by atoms with E-state index in [1.807, 2.05) is 12.1 Å². The maximum atomic E-state index is 5.93. The minimum Gasteiger partial charge on any atom is -0.493 e. The topological polar surface area (TPSA) is 67.4 Å². The fourth-order valence-corrected chi connectivity index (χ4v) is 2.87. The van der Waals surface area contributed by atoms with E-state index in [1.54, 1.807) is 14.2 Å². The van der Waals surface area contributed by atoms with E-state index < -0.39 is 0 Å². The Labute approximate surface area is 206 Å². The third-order valence-electron chi connectivity index (χ3n) is 4.68. The van der Waals surface area contributed by atoms with Crippen molar-refractivity contribution in [2.45, 2.75) is 40.7 Å². The van der Waals surface area contributed by atoms with Crippen LogP contribution in [0.5, 0.6) is 11.5 Å². The molecule has 1 rings (SSSR count). The molecular weight excluding hydrogens is 507 g/mol.